The average Bonchev–Trinajstić information content (AvgIpc) is 2.53. The summed E-state index contributed by atoms with van der Waals surface area (Å²) in [7, 11) is 0. The zero-order valence-electron chi connectivity index (χ0n) is 14.0. The number of hydrogen-bond donors (Lipinski definition) is 1. The summed E-state index contributed by atoms with van der Waals surface area (Å²) in [4.78, 5) is 17.1. The van der Waals surface area contributed by atoms with Crippen molar-refractivity contribution in [3.8, 4) is 0 Å². The maximum atomic E-state index is 12.6. The van der Waals surface area contributed by atoms with Crippen LogP contribution in [-0.4, -0.2) is 29.7 Å². The number of benzene rings is 1. The predicted octanol–water partition coefficient (Wildman–Crippen LogP) is 3.96. The van der Waals surface area contributed by atoms with E-state index in [1.165, 1.54) is 6.42 Å². The molecule has 0 saturated carbocycles. The van der Waals surface area contributed by atoms with Gasteiger partial charge in [0.2, 0.25) is 0 Å². The van der Waals surface area contributed by atoms with Crippen LogP contribution in [0.15, 0.2) is 40.5 Å². The van der Waals surface area contributed by atoms with Gasteiger partial charge in [0.15, 0.2) is 0 Å². The van der Waals surface area contributed by atoms with Gasteiger partial charge in [-0.3, -0.25) is 10.2 Å². The summed E-state index contributed by atoms with van der Waals surface area (Å²) in [5.74, 6) is -0.154. The summed E-state index contributed by atoms with van der Waals surface area (Å²) < 4.78 is 0. The second-order valence-corrected chi connectivity index (χ2v) is 6.42. The number of halogens is 1. The first kappa shape index (κ1) is 17.7. The van der Waals surface area contributed by atoms with Crippen molar-refractivity contribution in [2.24, 2.45) is 4.99 Å². The fourth-order valence-electron chi connectivity index (χ4n) is 2.57. The SMILES string of the molecule is CC(=NC(C(=O)NN1CCCCC1)=C(C)C)c1ccccc1Cl. The minimum atomic E-state index is -0.154. The van der Waals surface area contributed by atoms with Gasteiger partial charge in [-0.15, -0.1) is 0 Å². The highest BCUT2D eigenvalue weighted by atomic mass is 35.5. The Hall–Kier alpha value is -1.65. The number of carbonyl (C=O) groups excluding carboxylic acids is 1. The largest absolute Gasteiger partial charge is 0.284 e. The number of aliphatic imine (C=N–C) groups is 1. The van der Waals surface area contributed by atoms with Gasteiger partial charge in [-0.1, -0.05) is 36.2 Å². The number of nitrogens with one attached hydrogen (secondary N) is 1. The van der Waals surface area contributed by atoms with Gasteiger partial charge < -0.3 is 0 Å². The van der Waals surface area contributed by atoms with Crippen LogP contribution in [0, 0.1) is 0 Å². The van der Waals surface area contributed by atoms with E-state index in [9.17, 15) is 4.79 Å². The molecule has 2 rings (SSSR count). The number of allylic oxidation sites excluding steroid dienone is 1. The van der Waals surface area contributed by atoms with Crippen LogP contribution in [0.2, 0.25) is 5.02 Å². The highest BCUT2D eigenvalue weighted by Gasteiger charge is 2.17. The highest BCUT2D eigenvalue weighted by molar-refractivity contribution is 6.34. The van der Waals surface area contributed by atoms with Gasteiger partial charge in [-0.05, 0) is 45.3 Å². The zero-order chi connectivity index (χ0) is 16.8. The predicted molar refractivity (Wildman–Crippen MR) is 95.6 cm³/mol. The number of nitrogens with zero attached hydrogens (tertiary/aromatic N) is 2. The van der Waals surface area contributed by atoms with E-state index in [-0.39, 0.29) is 5.91 Å². The Kier molecular flexibility index (Phi) is 6.37. The van der Waals surface area contributed by atoms with E-state index in [1.807, 2.05) is 50.0 Å². The molecule has 1 aromatic rings. The fourth-order valence-corrected chi connectivity index (χ4v) is 2.85. The maximum absolute atomic E-state index is 12.6. The summed E-state index contributed by atoms with van der Waals surface area (Å²) in [5.41, 5.74) is 5.88. The van der Waals surface area contributed by atoms with E-state index in [0.717, 1.165) is 42.8 Å². The fraction of sp³-hybridized carbons (Fsp3) is 0.444. The Bertz CT molecular complexity index is 627. The second kappa shape index (κ2) is 8.27. The smallest absolute Gasteiger partial charge is 0.283 e. The first-order chi connectivity index (χ1) is 11.0. The molecule has 124 valence electrons. The number of hydrazine groups is 1. The molecule has 1 N–H and O–H groups in total. The zero-order valence-corrected chi connectivity index (χ0v) is 14.8. The first-order valence-corrected chi connectivity index (χ1v) is 8.40. The summed E-state index contributed by atoms with van der Waals surface area (Å²) >= 11 is 6.21. The van der Waals surface area contributed by atoms with Crippen LogP contribution in [0.25, 0.3) is 0 Å². The van der Waals surface area contributed by atoms with Gasteiger partial charge in [-0.25, -0.2) is 10.0 Å². The molecule has 0 aliphatic carbocycles. The van der Waals surface area contributed by atoms with Gasteiger partial charge in [0.25, 0.3) is 5.91 Å². The van der Waals surface area contributed by atoms with E-state index >= 15 is 0 Å². The number of rotatable bonds is 4. The summed E-state index contributed by atoms with van der Waals surface area (Å²) in [5, 5.41) is 2.62. The standard InChI is InChI=1S/C18H24ClN3O/c1-13(2)17(18(23)21-22-11-7-4-8-12-22)20-14(3)15-9-5-6-10-16(15)19/h5-6,9-10H,4,7-8,11-12H2,1-3H3,(H,21,23). The Morgan fingerprint density at radius 1 is 1.13 bits per heavy atom. The Morgan fingerprint density at radius 3 is 2.39 bits per heavy atom. The van der Waals surface area contributed by atoms with Crippen molar-refractivity contribution in [2.45, 2.75) is 40.0 Å². The molecule has 1 saturated heterocycles. The van der Waals surface area contributed by atoms with Crippen LogP contribution in [0.5, 0.6) is 0 Å². The maximum Gasteiger partial charge on any atom is 0.284 e. The number of carbonyl (C=O) groups is 1. The van der Waals surface area contributed by atoms with E-state index in [2.05, 4.69) is 10.4 Å². The normalized spacial score (nSPS) is 16.1. The van der Waals surface area contributed by atoms with Crippen molar-refractivity contribution >= 4 is 23.2 Å². The van der Waals surface area contributed by atoms with Crippen molar-refractivity contribution in [1.82, 2.24) is 10.4 Å². The van der Waals surface area contributed by atoms with Crippen LogP contribution in [0.1, 0.15) is 45.6 Å². The molecule has 0 bridgehead atoms. The van der Waals surface area contributed by atoms with Gasteiger partial charge in [0.05, 0.1) is 0 Å². The van der Waals surface area contributed by atoms with Crippen molar-refractivity contribution < 1.29 is 4.79 Å². The second-order valence-electron chi connectivity index (χ2n) is 6.01. The van der Waals surface area contributed by atoms with Crippen molar-refractivity contribution in [1.29, 1.82) is 0 Å². The summed E-state index contributed by atoms with van der Waals surface area (Å²) in [6.07, 6.45) is 3.46. The third-order valence-corrected chi connectivity index (χ3v) is 4.18. The molecule has 1 aliphatic heterocycles. The molecule has 1 fully saturated rings. The van der Waals surface area contributed by atoms with Gasteiger partial charge in [0.1, 0.15) is 5.70 Å². The third kappa shape index (κ3) is 4.91. The highest BCUT2D eigenvalue weighted by Crippen LogP contribution is 2.18. The molecule has 23 heavy (non-hydrogen) atoms. The Morgan fingerprint density at radius 2 is 1.78 bits per heavy atom. The van der Waals surface area contributed by atoms with Gasteiger partial charge in [0, 0.05) is 29.4 Å². The summed E-state index contributed by atoms with van der Waals surface area (Å²) in [6.45, 7) is 7.46. The topological polar surface area (TPSA) is 44.7 Å². The van der Waals surface area contributed by atoms with Crippen molar-refractivity contribution in [3.63, 3.8) is 0 Å². The van der Waals surface area contributed by atoms with Crippen LogP contribution in [0.3, 0.4) is 0 Å². The van der Waals surface area contributed by atoms with Crippen molar-refractivity contribution in [3.05, 3.63) is 46.1 Å². The average molecular weight is 334 g/mol. The Labute approximate surface area is 143 Å². The molecule has 1 amide bonds. The number of amides is 1. The molecular weight excluding hydrogens is 310 g/mol. The monoisotopic (exact) mass is 333 g/mol. The van der Waals surface area contributed by atoms with Crippen LogP contribution in [-0.2, 0) is 4.79 Å². The van der Waals surface area contributed by atoms with E-state index in [4.69, 9.17) is 11.6 Å². The quantitative estimate of drug-likeness (QED) is 0.669. The lowest BCUT2D eigenvalue weighted by Gasteiger charge is -2.27. The first-order valence-electron chi connectivity index (χ1n) is 8.02. The lowest BCUT2D eigenvalue weighted by Crippen LogP contribution is -2.45. The minimum absolute atomic E-state index is 0.154. The molecule has 1 aromatic carbocycles. The molecular formula is C18H24ClN3O. The molecule has 1 heterocycles. The van der Waals surface area contributed by atoms with Gasteiger partial charge >= 0.3 is 0 Å². The molecule has 4 nitrogen and oxygen atoms in total. The van der Waals surface area contributed by atoms with E-state index < -0.39 is 0 Å². The lowest BCUT2D eigenvalue weighted by molar-refractivity contribution is -0.122. The molecule has 0 unspecified atom stereocenters. The van der Waals surface area contributed by atoms with Gasteiger partial charge in [-0.2, -0.15) is 0 Å². The van der Waals surface area contributed by atoms with Crippen LogP contribution >= 0.6 is 11.6 Å². The van der Waals surface area contributed by atoms with E-state index in [0.29, 0.717) is 10.7 Å². The van der Waals surface area contributed by atoms with Crippen LogP contribution < -0.4 is 5.43 Å². The molecule has 0 atom stereocenters. The van der Waals surface area contributed by atoms with Crippen molar-refractivity contribution in [2.75, 3.05) is 13.1 Å². The molecule has 0 radical (unpaired) electrons. The number of hydrogen-bond acceptors (Lipinski definition) is 3. The lowest BCUT2D eigenvalue weighted by atomic mass is 10.1. The Balaban J connectivity index is 2.18. The summed E-state index contributed by atoms with van der Waals surface area (Å²) in [6, 6.07) is 7.53. The molecule has 1 aliphatic rings. The van der Waals surface area contributed by atoms with Crippen LogP contribution in [0.4, 0.5) is 0 Å². The molecule has 5 heteroatoms. The molecule has 0 spiro atoms. The van der Waals surface area contributed by atoms with E-state index in [1.54, 1.807) is 0 Å². The number of piperidine rings is 1. The third-order valence-electron chi connectivity index (χ3n) is 3.85. The minimum Gasteiger partial charge on any atom is -0.283 e. The molecule has 0 aromatic heterocycles.